The van der Waals surface area contributed by atoms with Gasteiger partial charge in [0.25, 0.3) is 0 Å². The fraction of sp³-hybridized carbons (Fsp3) is 0.800. The summed E-state index contributed by atoms with van der Waals surface area (Å²) in [6.07, 6.45) is 1.81. The average Bonchev–Trinajstić information content (AvgIpc) is 2.14. The lowest BCUT2D eigenvalue weighted by Gasteiger charge is -2.15. The van der Waals surface area contributed by atoms with E-state index < -0.39 is 41.1 Å². The van der Waals surface area contributed by atoms with Crippen LogP contribution in [0.15, 0.2) is 0 Å². The van der Waals surface area contributed by atoms with Gasteiger partial charge in [0.1, 0.15) is 0 Å². The van der Waals surface area contributed by atoms with Crippen molar-refractivity contribution < 1.29 is 36.6 Å². The van der Waals surface area contributed by atoms with Crippen LogP contribution in [0, 0.1) is 0 Å². The van der Waals surface area contributed by atoms with Gasteiger partial charge in [0, 0.05) is 12.5 Å². The van der Waals surface area contributed by atoms with Crippen molar-refractivity contribution in [3.8, 4) is 0 Å². The third-order valence-corrected chi connectivity index (χ3v) is 6.94. The number of carbonyl (C=O) groups is 2. The summed E-state index contributed by atoms with van der Waals surface area (Å²) in [4.78, 5) is 20.6. The molecule has 0 aliphatic carbocycles. The molecule has 0 spiro atoms. The minimum atomic E-state index is -3.50. The Bertz CT molecular complexity index is 527. The maximum absolute atomic E-state index is 10.7. The maximum atomic E-state index is 10.7. The zero-order chi connectivity index (χ0) is 17.2. The third-order valence-electron chi connectivity index (χ3n) is 2.88. The highest BCUT2D eigenvalue weighted by Crippen LogP contribution is 2.14. The van der Waals surface area contributed by atoms with Crippen LogP contribution in [0.25, 0.3) is 0 Å². The van der Waals surface area contributed by atoms with Crippen LogP contribution in [-0.2, 0) is 29.3 Å². The number of sulfone groups is 2. The second-order valence-corrected chi connectivity index (χ2v) is 10.3. The van der Waals surface area contributed by atoms with Gasteiger partial charge >= 0.3 is 11.9 Å². The number of aliphatic carboxylic acids is 2. The first-order chi connectivity index (χ1) is 8.39. The predicted octanol–water partition coefficient (Wildman–Crippen LogP) is -0.212. The number of carboxylic acids is 2. The Balaban J connectivity index is 0. The minimum Gasteiger partial charge on any atom is -0.480 e. The number of rotatable bonds is 4. The van der Waals surface area contributed by atoms with E-state index in [9.17, 15) is 26.4 Å². The highest BCUT2D eigenvalue weighted by molar-refractivity contribution is 7.93. The molecule has 0 unspecified atom stereocenters. The zero-order valence-electron chi connectivity index (χ0n) is 12.2. The highest BCUT2D eigenvalue weighted by Gasteiger charge is 2.38. The molecule has 0 aromatic heterocycles. The fourth-order valence-electron chi connectivity index (χ4n) is 0.317. The van der Waals surface area contributed by atoms with Crippen LogP contribution in [0.1, 0.15) is 27.7 Å². The van der Waals surface area contributed by atoms with Crippen LogP contribution in [0.4, 0.5) is 0 Å². The molecule has 0 aromatic carbocycles. The largest absolute Gasteiger partial charge is 0.480 e. The van der Waals surface area contributed by atoms with Crippen LogP contribution in [-0.4, -0.2) is 61.0 Å². The Labute approximate surface area is 118 Å². The van der Waals surface area contributed by atoms with E-state index in [1.165, 1.54) is 0 Å². The van der Waals surface area contributed by atoms with E-state index in [-0.39, 0.29) is 0 Å². The van der Waals surface area contributed by atoms with Crippen LogP contribution in [0.3, 0.4) is 0 Å². The SMILES string of the molecule is CC(C)(C(=O)O)S(C)(=O)=O.CC(C)(C(=O)O)S(C)(=O)=O. The van der Waals surface area contributed by atoms with Crippen LogP contribution in [0.5, 0.6) is 0 Å². The molecule has 0 aromatic rings. The molecule has 0 aliphatic heterocycles. The molecule has 120 valence electrons. The molecule has 20 heavy (non-hydrogen) atoms. The van der Waals surface area contributed by atoms with Gasteiger partial charge in [0.05, 0.1) is 0 Å². The minimum absolute atomic E-state index is 0.904. The molecule has 0 fully saturated rings. The molecule has 0 radical (unpaired) electrons. The second kappa shape index (κ2) is 6.08. The highest BCUT2D eigenvalue weighted by atomic mass is 32.2. The Morgan fingerprint density at radius 3 is 0.850 bits per heavy atom. The van der Waals surface area contributed by atoms with Crippen LogP contribution in [0.2, 0.25) is 0 Å². The van der Waals surface area contributed by atoms with Crippen molar-refractivity contribution in [1.29, 1.82) is 0 Å². The van der Waals surface area contributed by atoms with Crippen molar-refractivity contribution in [2.75, 3.05) is 12.5 Å². The van der Waals surface area contributed by atoms with Crippen molar-refractivity contribution in [1.82, 2.24) is 0 Å². The zero-order valence-corrected chi connectivity index (χ0v) is 13.8. The average molecular weight is 332 g/mol. The van der Waals surface area contributed by atoms with E-state index in [2.05, 4.69) is 0 Å². The Morgan fingerprint density at radius 1 is 0.700 bits per heavy atom. The predicted molar refractivity (Wildman–Crippen MR) is 73.1 cm³/mol. The first-order valence-corrected chi connectivity index (χ1v) is 9.03. The summed E-state index contributed by atoms with van der Waals surface area (Å²) >= 11 is 0. The van der Waals surface area contributed by atoms with Gasteiger partial charge in [-0.15, -0.1) is 0 Å². The van der Waals surface area contributed by atoms with E-state index in [1.54, 1.807) is 0 Å². The van der Waals surface area contributed by atoms with Gasteiger partial charge in [-0.3, -0.25) is 9.59 Å². The van der Waals surface area contributed by atoms with Gasteiger partial charge < -0.3 is 10.2 Å². The molecule has 0 amide bonds. The monoisotopic (exact) mass is 332 g/mol. The lowest BCUT2D eigenvalue weighted by Crippen LogP contribution is -2.39. The lowest BCUT2D eigenvalue weighted by atomic mass is 10.2. The first-order valence-electron chi connectivity index (χ1n) is 5.25. The molecular weight excluding hydrogens is 312 g/mol. The topological polar surface area (TPSA) is 143 Å². The van der Waals surface area contributed by atoms with E-state index in [1.807, 2.05) is 0 Å². The van der Waals surface area contributed by atoms with Crippen molar-refractivity contribution in [3.05, 3.63) is 0 Å². The summed E-state index contributed by atoms with van der Waals surface area (Å²) in [6, 6.07) is 0. The van der Waals surface area contributed by atoms with E-state index >= 15 is 0 Å². The van der Waals surface area contributed by atoms with Crippen LogP contribution < -0.4 is 0 Å². The summed E-state index contributed by atoms with van der Waals surface area (Å²) < 4.78 is 39.5. The number of hydrogen-bond acceptors (Lipinski definition) is 6. The fourth-order valence-corrected chi connectivity index (χ4v) is 0.952. The maximum Gasteiger partial charge on any atom is 0.324 e. The molecule has 0 saturated carbocycles. The molecule has 0 heterocycles. The molecule has 0 atom stereocenters. The third kappa shape index (κ3) is 5.08. The summed E-state index contributed by atoms with van der Waals surface area (Å²) in [5, 5.41) is 16.8. The Hall–Kier alpha value is -1.16. The molecule has 0 aliphatic rings. The van der Waals surface area contributed by atoms with Crippen LogP contribution >= 0.6 is 0 Å². The van der Waals surface area contributed by atoms with Crippen molar-refractivity contribution >= 4 is 31.6 Å². The van der Waals surface area contributed by atoms with Gasteiger partial charge in [-0.25, -0.2) is 16.8 Å². The molecule has 10 heteroatoms. The Morgan fingerprint density at radius 2 is 0.850 bits per heavy atom. The van der Waals surface area contributed by atoms with Crippen molar-refractivity contribution in [2.45, 2.75) is 37.2 Å². The van der Waals surface area contributed by atoms with E-state index in [4.69, 9.17) is 10.2 Å². The molecule has 0 bridgehead atoms. The number of carboxylic acid groups (broad SMARTS) is 2. The van der Waals surface area contributed by atoms with Gasteiger partial charge in [-0.1, -0.05) is 0 Å². The number of hydrogen-bond donors (Lipinski definition) is 2. The van der Waals surface area contributed by atoms with Crippen molar-refractivity contribution in [3.63, 3.8) is 0 Å². The van der Waals surface area contributed by atoms with Gasteiger partial charge in [0.15, 0.2) is 29.2 Å². The summed E-state index contributed by atoms with van der Waals surface area (Å²) in [5.74, 6) is -2.65. The molecule has 2 N–H and O–H groups in total. The first kappa shape index (κ1) is 21.1. The van der Waals surface area contributed by atoms with E-state index in [0.717, 1.165) is 40.2 Å². The second-order valence-electron chi connectivity index (χ2n) is 5.18. The summed E-state index contributed by atoms with van der Waals surface area (Å²) in [5.41, 5.74) is 0. The Kier molecular flexibility index (Phi) is 6.43. The molecule has 8 nitrogen and oxygen atoms in total. The molecule has 0 rings (SSSR count). The normalized spacial score (nSPS) is 13.1. The lowest BCUT2D eigenvalue weighted by molar-refractivity contribution is -0.140. The van der Waals surface area contributed by atoms with E-state index in [0.29, 0.717) is 0 Å². The molecular formula is C10H20O8S2. The summed E-state index contributed by atoms with van der Waals surface area (Å²) in [6.45, 7) is 4.63. The standard InChI is InChI=1S/2C5H10O4S/c2*1-5(2,4(6)7)10(3,8)9/h2*1-3H3,(H,6,7). The van der Waals surface area contributed by atoms with Gasteiger partial charge in [-0.05, 0) is 27.7 Å². The smallest absolute Gasteiger partial charge is 0.324 e. The summed E-state index contributed by atoms with van der Waals surface area (Å²) in [7, 11) is -7.00. The van der Waals surface area contributed by atoms with Crippen molar-refractivity contribution in [2.24, 2.45) is 0 Å². The van der Waals surface area contributed by atoms with Gasteiger partial charge in [0.2, 0.25) is 0 Å². The quantitative estimate of drug-likeness (QED) is 0.719. The molecule has 0 saturated heterocycles. The van der Waals surface area contributed by atoms with Gasteiger partial charge in [-0.2, -0.15) is 0 Å².